The zero-order chi connectivity index (χ0) is 15.3. The summed E-state index contributed by atoms with van der Waals surface area (Å²) in [5.41, 5.74) is -0.954. The van der Waals surface area contributed by atoms with Gasteiger partial charge in [-0.15, -0.1) is 0 Å². The van der Waals surface area contributed by atoms with Crippen molar-refractivity contribution < 1.29 is 14.3 Å². The number of aryl methyl sites for hydroxylation is 1. The van der Waals surface area contributed by atoms with Crippen molar-refractivity contribution in [3.05, 3.63) is 42.4 Å². The summed E-state index contributed by atoms with van der Waals surface area (Å²) in [5, 5.41) is 11.1. The van der Waals surface area contributed by atoms with E-state index in [4.69, 9.17) is 4.42 Å². The Bertz CT molecular complexity index is 677. The molecule has 0 aliphatic carbocycles. The SMILES string of the molecule is Cn1ccnc1C1(O)C[C@H]2CC[C@H](C1)N2C(=O)c1ccco1. The Kier molecular flexibility index (Phi) is 2.91. The van der Waals surface area contributed by atoms with E-state index in [1.165, 1.54) is 6.26 Å². The number of carbonyl (C=O) groups is 1. The van der Waals surface area contributed by atoms with Crippen molar-refractivity contribution >= 4 is 5.91 Å². The summed E-state index contributed by atoms with van der Waals surface area (Å²) in [7, 11) is 1.89. The summed E-state index contributed by atoms with van der Waals surface area (Å²) in [6.07, 6.45) is 7.96. The van der Waals surface area contributed by atoms with Crippen LogP contribution >= 0.6 is 0 Å². The van der Waals surface area contributed by atoms with E-state index in [9.17, 15) is 9.90 Å². The molecule has 1 amide bonds. The Hall–Kier alpha value is -2.08. The molecule has 2 aromatic heterocycles. The number of piperidine rings is 1. The van der Waals surface area contributed by atoms with Gasteiger partial charge in [0.25, 0.3) is 5.91 Å². The van der Waals surface area contributed by atoms with Crippen LogP contribution in [0.5, 0.6) is 0 Å². The Balaban J connectivity index is 1.62. The summed E-state index contributed by atoms with van der Waals surface area (Å²) >= 11 is 0. The van der Waals surface area contributed by atoms with Crippen LogP contribution < -0.4 is 0 Å². The summed E-state index contributed by atoms with van der Waals surface area (Å²) in [6, 6.07) is 3.50. The first kappa shape index (κ1) is 13.6. The van der Waals surface area contributed by atoms with Crippen LogP contribution in [0.2, 0.25) is 0 Å². The first-order chi connectivity index (χ1) is 10.6. The van der Waals surface area contributed by atoms with E-state index >= 15 is 0 Å². The number of amides is 1. The van der Waals surface area contributed by atoms with Gasteiger partial charge < -0.3 is 19.0 Å². The molecule has 0 aromatic carbocycles. The number of hydrogen-bond acceptors (Lipinski definition) is 4. The van der Waals surface area contributed by atoms with Gasteiger partial charge in [0.05, 0.1) is 6.26 Å². The fraction of sp³-hybridized carbons (Fsp3) is 0.500. The van der Waals surface area contributed by atoms with E-state index < -0.39 is 5.60 Å². The second kappa shape index (κ2) is 4.71. The number of aliphatic hydroxyl groups is 1. The molecule has 2 aromatic rings. The largest absolute Gasteiger partial charge is 0.459 e. The number of aromatic nitrogens is 2. The van der Waals surface area contributed by atoms with E-state index in [1.807, 2.05) is 22.7 Å². The smallest absolute Gasteiger partial charge is 0.290 e. The molecule has 1 N–H and O–H groups in total. The van der Waals surface area contributed by atoms with Gasteiger partial charge in [-0.3, -0.25) is 4.79 Å². The molecule has 22 heavy (non-hydrogen) atoms. The molecule has 4 heterocycles. The molecular formula is C16H19N3O3. The van der Waals surface area contributed by atoms with Crippen molar-refractivity contribution in [1.82, 2.24) is 14.5 Å². The van der Waals surface area contributed by atoms with Gasteiger partial charge in [-0.05, 0) is 25.0 Å². The molecule has 2 fully saturated rings. The van der Waals surface area contributed by atoms with E-state index in [0.717, 1.165) is 12.8 Å². The number of hydrogen-bond donors (Lipinski definition) is 1. The quantitative estimate of drug-likeness (QED) is 0.916. The lowest BCUT2D eigenvalue weighted by atomic mass is 9.85. The molecule has 0 unspecified atom stereocenters. The van der Waals surface area contributed by atoms with E-state index in [0.29, 0.717) is 24.4 Å². The van der Waals surface area contributed by atoms with Crippen LogP contribution in [0.15, 0.2) is 35.2 Å². The molecule has 2 saturated heterocycles. The van der Waals surface area contributed by atoms with Crippen LogP contribution in [0.3, 0.4) is 0 Å². The first-order valence-corrected chi connectivity index (χ1v) is 7.65. The predicted octanol–water partition coefficient (Wildman–Crippen LogP) is 1.67. The number of carbonyl (C=O) groups excluding carboxylic acids is 1. The third kappa shape index (κ3) is 1.90. The molecule has 2 bridgehead atoms. The minimum absolute atomic E-state index is 0.0399. The maximum Gasteiger partial charge on any atom is 0.290 e. The maximum absolute atomic E-state index is 12.6. The van der Waals surface area contributed by atoms with Crippen molar-refractivity contribution in [2.45, 2.75) is 43.4 Å². The Morgan fingerprint density at radius 2 is 2.14 bits per heavy atom. The van der Waals surface area contributed by atoms with Gasteiger partial charge in [0.1, 0.15) is 11.4 Å². The van der Waals surface area contributed by atoms with Crippen molar-refractivity contribution in [1.29, 1.82) is 0 Å². The zero-order valence-electron chi connectivity index (χ0n) is 12.5. The molecule has 2 atom stereocenters. The van der Waals surface area contributed by atoms with Crippen LogP contribution in [0.4, 0.5) is 0 Å². The number of furan rings is 1. The van der Waals surface area contributed by atoms with Gasteiger partial charge >= 0.3 is 0 Å². The topological polar surface area (TPSA) is 71.5 Å². The summed E-state index contributed by atoms with van der Waals surface area (Å²) in [6.45, 7) is 0. The van der Waals surface area contributed by atoms with Crippen LogP contribution in [-0.4, -0.2) is 37.5 Å². The van der Waals surface area contributed by atoms with Gasteiger partial charge in [-0.25, -0.2) is 4.98 Å². The molecule has 6 heteroatoms. The van der Waals surface area contributed by atoms with Crippen molar-refractivity contribution in [2.24, 2.45) is 7.05 Å². The average Bonchev–Trinajstić information content (AvgIpc) is 3.19. The number of rotatable bonds is 2. The Morgan fingerprint density at radius 1 is 1.41 bits per heavy atom. The number of fused-ring (bicyclic) bond motifs is 2. The zero-order valence-corrected chi connectivity index (χ0v) is 12.5. The minimum atomic E-state index is -0.954. The van der Waals surface area contributed by atoms with Gasteiger partial charge in [-0.2, -0.15) is 0 Å². The standard InChI is InChI=1S/C16H19N3O3/c1-18-7-6-17-15(18)16(21)9-11-4-5-12(10-16)19(11)14(20)13-3-2-8-22-13/h2-3,6-8,11-12,21H,4-5,9-10H2,1H3/t11-,12-/m1/s1. The predicted molar refractivity (Wildman–Crippen MR) is 78.0 cm³/mol. The summed E-state index contributed by atoms with van der Waals surface area (Å²) in [4.78, 5) is 18.8. The van der Waals surface area contributed by atoms with Crippen LogP contribution in [0.25, 0.3) is 0 Å². The van der Waals surface area contributed by atoms with Crippen molar-refractivity contribution in [2.75, 3.05) is 0 Å². The maximum atomic E-state index is 12.6. The molecular weight excluding hydrogens is 282 g/mol. The van der Waals surface area contributed by atoms with E-state index in [1.54, 1.807) is 18.3 Å². The summed E-state index contributed by atoms with van der Waals surface area (Å²) in [5.74, 6) is 0.994. The summed E-state index contributed by atoms with van der Waals surface area (Å²) < 4.78 is 7.11. The monoisotopic (exact) mass is 301 g/mol. The van der Waals surface area contributed by atoms with Gasteiger partial charge in [0.15, 0.2) is 5.76 Å². The molecule has 0 radical (unpaired) electrons. The minimum Gasteiger partial charge on any atom is -0.459 e. The lowest BCUT2D eigenvalue weighted by Crippen LogP contribution is -2.52. The third-order valence-electron chi connectivity index (χ3n) is 4.97. The van der Waals surface area contributed by atoms with Crippen molar-refractivity contribution in [3.63, 3.8) is 0 Å². The highest BCUT2D eigenvalue weighted by Gasteiger charge is 2.51. The van der Waals surface area contributed by atoms with Crippen LogP contribution in [-0.2, 0) is 12.6 Å². The lowest BCUT2D eigenvalue weighted by molar-refractivity contribution is -0.0561. The second-order valence-corrected chi connectivity index (χ2v) is 6.38. The van der Waals surface area contributed by atoms with Gasteiger partial charge in [-0.1, -0.05) is 0 Å². The Labute approximate surface area is 128 Å². The molecule has 0 spiro atoms. The van der Waals surface area contributed by atoms with E-state index in [-0.39, 0.29) is 18.0 Å². The molecule has 116 valence electrons. The highest BCUT2D eigenvalue weighted by Crippen LogP contribution is 2.45. The number of imidazole rings is 1. The van der Waals surface area contributed by atoms with Gasteiger partial charge in [0.2, 0.25) is 0 Å². The third-order valence-corrected chi connectivity index (χ3v) is 4.97. The first-order valence-electron chi connectivity index (χ1n) is 7.65. The molecule has 6 nitrogen and oxygen atoms in total. The normalized spacial score (nSPS) is 30.7. The fourth-order valence-electron chi connectivity index (χ4n) is 4.08. The lowest BCUT2D eigenvalue weighted by Gasteiger charge is -2.43. The van der Waals surface area contributed by atoms with Crippen molar-refractivity contribution in [3.8, 4) is 0 Å². The molecule has 2 aliphatic heterocycles. The Morgan fingerprint density at radius 3 is 2.68 bits per heavy atom. The number of nitrogens with zero attached hydrogens (tertiary/aromatic N) is 3. The van der Waals surface area contributed by atoms with Crippen LogP contribution in [0, 0.1) is 0 Å². The highest BCUT2D eigenvalue weighted by molar-refractivity contribution is 5.92. The van der Waals surface area contributed by atoms with Gasteiger partial charge in [0, 0.05) is 44.4 Å². The fourth-order valence-corrected chi connectivity index (χ4v) is 4.08. The van der Waals surface area contributed by atoms with E-state index in [2.05, 4.69) is 4.98 Å². The molecule has 4 rings (SSSR count). The molecule has 2 aliphatic rings. The second-order valence-electron chi connectivity index (χ2n) is 6.38. The highest BCUT2D eigenvalue weighted by atomic mass is 16.3. The average molecular weight is 301 g/mol. The van der Waals surface area contributed by atoms with Crippen LogP contribution in [0.1, 0.15) is 42.1 Å². The molecule has 0 saturated carbocycles.